The third-order valence-electron chi connectivity index (χ3n) is 1.90. The minimum atomic E-state index is 0.591. The maximum Gasteiger partial charge on any atom is 0.0527 e. The minimum Gasteiger partial charge on any atom is -0.273 e. The van der Waals surface area contributed by atoms with E-state index >= 15 is 0 Å². The van der Waals surface area contributed by atoms with Crippen molar-refractivity contribution in [2.75, 3.05) is 0 Å². The summed E-state index contributed by atoms with van der Waals surface area (Å²) >= 11 is 0. The highest BCUT2D eigenvalue weighted by molar-refractivity contribution is 5.19. The molecule has 0 spiro atoms. The van der Waals surface area contributed by atoms with Crippen LogP contribution in [0.15, 0.2) is 6.20 Å². The molecule has 1 rings (SSSR count). The molecule has 0 aliphatic heterocycles. The molecule has 0 saturated heterocycles. The van der Waals surface area contributed by atoms with Gasteiger partial charge in [-0.2, -0.15) is 5.10 Å². The molecule has 1 aromatic heterocycles. The number of hydrogen-bond acceptors (Lipinski definition) is 1. The fourth-order valence-corrected chi connectivity index (χ4v) is 1.08. The molecule has 0 unspecified atom stereocenters. The summed E-state index contributed by atoms with van der Waals surface area (Å²) in [7, 11) is 1.97. The van der Waals surface area contributed by atoms with Crippen molar-refractivity contribution in [1.82, 2.24) is 9.78 Å². The van der Waals surface area contributed by atoms with Crippen LogP contribution in [0.4, 0.5) is 0 Å². The van der Waals surface area contributed by atoms with Crippen molar-refractivity contribution >= 4 is 0 Å². The Hall–Kier alpha value is -0.790. The van der Waals surface area contributed by atoms with E-state index in [1.54, 1.807) is 0 Å². The van der Waals surface area contributed by atoms with Crippen LogP contribution in [0.1, 0.15) is 44.9 Å². The van der Waals surface area contributed by atoms with Gasteiger partial charge in [-0.05, 0) is 18.4 Å². The van der Waals surface area contributed by atoms with Crippen LogP contribution >= 0.6 is 0 Å². The van der Waals surface area contributed by atoms with E-state index in [1.807, 2.05) is 31.8 Å². The molecule has 0 saturated carbocycles. The van der Waals surface area contributed by atoms with Crippen LogP contribution in [-0.2, 0) is 7.05 Å². The number of hydrogen-bond donors (Lipinski definition) is 0. The molecule has 1 aromatic rings. The van der Waals surface area contributed by atoms with Crippen molar-refractivity contribution in [2.45, 2.75) is 40.5 Å². The van der Waals surface area contributed by atoms with Crippen LogP contribution < -0.4 is 0 Å². The lowest BCUT2D eigenvalue weighted by Crippen LogP contribution is -1.94. The fourth-order valence-electron chi connectivity index (χ4n) is 1.08. The minimum absolute atomic E-state index is 0.591. The van der Waals surface area contributed by atoms with Crippen molar-refractivity contribution < 1.29 is 0 Å². The highest BCUT2D eigenvalue weighted by Crippen LogP contribution is 2.16. The Bertz CT molecular complexity index is 224. The van der Waals surface area contributed by atoms with Gasteiger partial charge >= 0.3 is 0 Å². The molecule has 0 N–H and O–H groups in total. The van der Waals surface area contributed by atoms with E-state index in [0.29, 0.717) is 5.92 Å². The summed E-state index contributed by atoms with van der Waals surface area (Å²) in [5, 5.41) is 4.15. The number of aromatic nitrogens is 2. The second-order valence-corrected chi connectivity index (χ2v) is 2.96. The third-order valence-corrected chi connectivity index (χ3v) is 1.90. The highest BCUT2D eigenvalue weighted by Gasteiger charge is 2.05. The third kappa shape index (κ3) is 2.36. The Morgan fingerprint density at radius 2 is 1.83 bits per heavy atom. The van der Waals surface area contributed by atoms with Crippen LogP contribution in [0.5, 0.6) is 0 Å². The van der Waals surface area contributed by atoms with Crippen molar-refractivity contribution in [3.63, 3.8) is 0 Å². The zero-order valence-electron chi connectivity index (χ0n) is 9.05. The van der Waals surface area contributed by atoms with E-state index in [4.69, 9.17) is 0 Å². The molecular weight excluding hydrogens is 148 g/mol. The molecule has 0 bridgehead atoms. The van der Waals surface area contributed by atoms with Crippen molar-refractivity contribution in [2.24, 2.45) is 7.05 Å². The van der Waals surface area contributed by atoms with Crippen LogP contribution in [0, 0.1) is 6.92 Å². The van der Waals surface area contributed by atoms with Gasteiger partial charge in [0.05, 0.1) is 6.20 Å². The van der Waals surface area contributed by atoms with Crippen molar-refractivity contribution in [3.05, 3.63) is 17.5 Å². The Morgan fingerprint density at radius 1 is 1.33 bits per heavy atom. The first-order chi connectivity index (χ1) is 5.63. The van der Waals surface area contributed by atoms with Gasteiger partial charge in [0.15, 0.2) is 0 Å². The summed E-state index contributed by atoms with van der Waals surface area (Å²) in [6.07, 6.45) is 1.94. The van der Waals surface area contributed by atoms with Gasteiger partial charge in [0.2, 0.25) is 0 Å². The van der Waals surface area contributed by atoms with E-state index < -0.39 is 0 Å². The maximum atomic E-state index is 4.15. The van der Waals surface area contributed by atoms with E-state index in [2.05, 4.69) is 25.9 Å². The summed E-state index contributed by atoms with van der Waals surface area (Å²) in [6, 6.07) is 0. The van der Waals surface area contributed by atoms with E-state index in [-0.39, 0.29) is 0 Å². The standard InChI is InChI=1S/C8H14N2.C2H6/c1-6(2)8-5-9-10(4)7(8)3;1-2/h5-6H,1-4H3;1-2H3. The molecule has 2 heteroatoms. The summed E-state index contributed by atoms with van der Waals surface area (Å²) in [5.74, 6) is 0.591. The lowest BCUT2D eigenvalue weighted by molar-refractivity contribution is 0.733. The molecule has 0 radical (unpaired) electrons. The maximum absolute atomic E-state index is 4.15. The van der Waals surface area contributed by atoms with Gasteiger partial charge in [-0.25, -0.2) is 0 Å². The van der Waals surface area contributed by atoms with Gasteiger partial charge in [0, 0.05) is 12.7 Å². The van der Waals surface area contributed by atoms with Crippen LogP contribution in [0.2, 0.25) is 0 Å². The monoisotopic (exact) mass is 168 g/mol. The molecule has 70 valence electrons. The van der Waals surface area contributed by atoms with Crippen LogP contribution in [0.25, 0.3) is 0 Å². The molecule has 12 heavy (non-hydrogen) atoms. The predicted molar refractivity (Wildman–Crippen MR) is 53.4 cm³/mol. The fraction of sp³-hybridized carbons (Fsp3) is 0.700. The molecule has 2 nitrogen and oxygen atoms in total. The highest BCUT2D eigenvalue weighted by atomic mass is 15.3. The lowest BCUT2D eigenvalue weighted by atomic mass is 10.1. The van der Waals surface area contributed by atoms with Crippen molar-refractivity contribution in [1.29, 1.82) is 0 Å². The first kappa shape index (κ1) is 11.2. The molecule has 0 atom stereocenters. The first-order valence-electron chi connectivity index (χ1n) is 4.61. The molecule has 0 amide bonds. The Labute approximate surface area is 75.6 Å². The second-order valence-electron chi connectivity index (χ2n) is 2.96. The topological polar surface area (TPSA) is 17.8 Å². The Balaban J connectivity index is 0.000000561. The number of rotatable bonds is 1. The van der Waals surface area contributed by atoms with Gasteiger partial charge < -0.3 is 0 Å². The smallest absolute Gasteiger partial charge is 0.0527 e. The summed E-state index contributed by atoms with van der Waals surface area (Å²) in [5.41, 5.74) is 2.62. The molecule has 0 fully saturated rings. The van der Waals surface area contributed by atoms with E-state index in [0.717, 1.165) is 0 Å². The quantitative estimate of drug-likeness (QED) is 0.630. The first-order valence-corrected chi connectivity index (χ1v) is 4.61. The van der Waals surface area contributed by atoms with Gasteiger partial charge in [0.25, 0.3) is 0 Å². The van der Waals surface area contributed by atoms with E-state index in [9.17, 15) is 0 Å². The molecule has 0 aliphatic rings. The van der Waals surface area contributed by atoms with E-state index in [1.165, 1.54) is 11.3 Å². The normalized spacial score (nSPS) is 9.58. The predicted octanol–water partition coefficient (Wildman–Crippen LogP) is 2.88. The van der Waals surface area contributed by atoms with Crippen LogP contribution in [-0.4, -0.2) is 9.78 Å². The van der Waals surface area contributed by atoms with Gasteiger partial charge in [-0.15, -0.1) is 0 Å². The summed E-state index contributed by atoms with van der Waals surface area (Å²) in [4.78, 5) is 0. The largest absolute Gasteiger partial charge is 0.273 e. The molecule has 1 heterocycles. The van der Waals surface area contributed by atoms with Crippen molar-refractivity contribution in [3.8, 4) is 0 Å². The van der Waals surface area contributed by atoms with Gasteiger partial charge in [-0.1, -0.05) is 27.7 Å². The van der Waals surface area contributed by atoms with Gasteiger partial charge in [-0.3, -0.25) is 4.68 Å². The number of aryl methyl sites for hydroxylation is 1. The zero-order chi connectivity index (χ0) is 9.72. The Kier molecular flexibility index (Phi) is 4.64. The van der Waals surface area contributed by atoms with Gasteiger partial charge in [0.1, 0.15) is 0 Å². The average molecular weight is 168 g/mol. The lowest BCUT2D eigenvalue weighted by Gasteiger charge is -2.02. The summed E-state index contributed by atoms with van der Waals surface area (Å²) in [6.45, 7) is 10.5. The molecule has 0 aromatic carbocycles. The Morgan fingerprint density at radius 3 is 2.00 bits per heavy atom. The molecule has 0 aliphatic carbocycles. The second kappa shape index (κ2) is 4.96. The van der Waals surface area contributed by atoms with Crippen LogP contribution in [0.3, 0.4) is 0 Å². The number of nitrogens with zero attached hydrogens (tertiary/aromatic N) is 2. The average Bonchev–Trinajstić information content (AvgIpc) is 2.37. The molecular formula is C10H20N2. The zero-order valence-corrected chi connectivity index (χ0v) is 9.05. The SMILES string of the molecule is CC.Cc1c(C(C)C)cnn1C. The summed E-state index contributed by atoms with van der Waals surface area (Å²) < 4.78 is 1.91.